The van der Waals surface area contributed by atoms with E-state index in [4.69, 9.17) is 10.7 Å². The molecule has 2 aliphatic rings. The summed E-state index contributed by atoms with van der Waals surface area (Å²) in [7, 11) is 0. The van der Waals surface area contributed by atoms with Crippen molar-refractivity contribution < 1.29 is 0 Å². The molecule has 0 aliphatic heterocycles. The number of benzene rings is 1. The molecular formula is C14H17N3. The van der Waals surface area contributed by atoms with Crippen LogP contribution in [0.3, 0.4) is 0 Å². The Morgan fingerprint density at radius 1 is 1.18 bits per heavy atom. The molecule has 0 atom stereocenters. The Morgan fingerprint density at radius 2 is 2.00 bits per heavy atom. The van der Waals surface area contributed by atoms with Crippen LogP contribution in [-0.2, 0) is 0 Å². The van der Waals surface area contributed by atoms with E-state index in [1.54, 1.807) is 0 Å². The molecule has 3 heteroatoms. The van der Waals surface area contributed by atoms with Crippen LogP contribution in [0.2, 0.25) is 0 Å². The molecule has 1 aromatic carbocycles. The number of fused-ring (bicyclic) bond motifs is 1. The Kier molecular flexibility index (Phi) is 1.82. The summed E-state index contributed by atoms with van der Waals surface area (Å²) in [5.41, 5.74) is 9.11. The summed E-state index contributed by atoms with van der Waals surface area (Å²) in [5.74, 6) is 2.02. The zero-order valence-corrected chi connectivity index (χ0v) is 9.89. The number of hydrogen-bond donors (Lipinski definition) is 1. The molecule has 3 nitrogen and oxygen atoms in total. The Bertz CT molecular complexity index is 576. The third kappa shape index (κ3) is 1.38. The third-order valence-corrected chi connectivity index (χ3v) is 4.12. The van der Waals surface area contributed by atoms with Crippen LogP contribution in [0.15, 0.2) is 18.2 Å². The molecule has 0 saturated heterocycles. The highest BCUT2D eigenvalue weighted by molar-refractivity contribution is 5.80. The maximum Gasteiger partial charge on any atom is 0.113 e. The maximum absolute atomic E-state index is 5.90. The number of nitrogens with two attached hydrogens (primary N) is 1. The summed E-state index contributed by atoms with van der Waals surface area (Å²) in [5, 5.41) is 0. The minimum atomic E-state index is 0.692. The fourth-order valence-electron chi connectivity index (χ4n) is 2.80. The highest BCUT2D eigenvalue weighted by Gasteiger charge is 2.32. The second kappa shape index (κ2) is 3.25. The molecular weight excluding hydrogens is 210 g/mol. The van der Waals surface area contributed by atoms with Gasteiger partial charge in [0, 0.05) is 17.6 Å². The van der Waals surface area contributed by atoms with Crippen molar-refractivity contribution in [2.75, 3.05) is 5.73 Å². The predicted molar refractivity (Wildman–Crippen MR) is 69.0 cm³/mol. The van der Waals surface area contributed by atoms with Crippen LogP contribution in [0.4, 0.5) is 5.69 Å². The molecule has 2 N–H and O–H groups in total. The molecule has 4 rings (SSSR count). The van der Waals surface area contributed by atoms with Gasteiger partial charge in [0.15, 0.2) is 0 Å². The molecule has 1 heterocycles. The van der Waals surface area contributed by atoms with Gasteiger partial charge in [-0.1, -0.05) is 6.42 Å². The van der Waals surface area contributed by atoms with Gasteiger partial charge in [-0.15, -0.1) is 0 Å². The molecule has 2 fully saturated rings. The van der Waals surface area contributed by atoms with Crippen molar-refractivity contribution in [3.63, 3.8) is 0 Å². The Balaban J connectivity index is 1.95. The average molecular weight is 227 g/mol. The van der Waals surface area contributed by atoms with Gasteiger partial charge < -0.3 is 10.3 Å². The first-order valence-electron chi connectivity index (χ1n) is 6.60. The van der Waals surface area contributed by atoms with E-state index in [1.165, 1.54) is 43.4 Å². The molecule has 0 unspecified atom stereocenters. The largest absolute Gasteiger partial charge is 0.399 e. The lowest BCUT2D eigenvalue weighted by molar-refractivity contribution is 0.389. The van der Waals surface area contributed by atoms with E-state index in [0.717, 1.165) is 11.2 Å². The first kappa shape index (κ1) is 9.51. The van der Waals surface area contributed by atoms with Gasteiger partial charge >= 0.3 is 0 Å². The molecule has 17 heavy (non-hydrogen) atoms. The Morgan fingerprint density at radius 3 is 2.65 bits per heavy atom. The van der Waals surface area contributed by atoms with E-state index in [-0.39, 0.29) is 0 Å². The SMILES string of the molecule is Nc1ccc2nc(C3CCC3)n(C3CC3)c2c1. The van der Waals surface area contributed by atoms with Gasteiger partial charge in [0.1, 0.15) is 5.82 Å². The lowest BCUT2D eigenvalue weighted by Crippen LogP contribution is -2.14. The third-order valence-electron chi connectivity index (χ3n) is 4.12. The normalized spacial score (nSPS) is 20.7. The van der Waals surface area contributed by atoms with Crippen LogP contribution >= 0.6 is 0 Å². The highest BCUT2D eigenvalue weighted by Crippen LogP contribution is 2.44. The number of imidazole rings is 1. The van der Waals surface area contributed by atoms with Crippen LogP contribution in [0.1, 0.15) is 49.9 Å². The molecule has 2 aromatic rings. The molecule has 2 saturated carbocycles. The van der Waals surface area contributed by atoms with E-state index in [2.05, 4.69) is 16.7 Å². The molecule has 0 radical (unpaired) electrons. The van der Waals surface area contributed by atoms with E-state index in [9.17, 15) is 0 Å². The quantitative estimate of drug-likeness (QED) is 0.800. The first-order chi connectivity index (χ1) is 8.33. The second-order valence-electron chi connectivity index (χ2n) is 5.45. The molecule has 2 aliphatic carbocycles. The summed E-state index contributed by atoms with van der Waals surface area (Å²) in [6.07, 6.45) is 6.59. The molecule has 0 spiro atoms. The summed E-state index contributed by atoms with van der Waals surface area (Å²) in [6.45, 7) is 0. The van der Waals surface area contributed by atoms with Crippen molar-refractivity contribution in [3.8, 4) is 0 Å². The highest BCUT2D eigenvalue weighted by atomic mass is 15.1. The average Bonchev–Trinajstić information content (AvgIpc) is 2.99. The van der Waals surface area contributed by atoms with E-state index < -0.39 is 0 Å². The van der Waals surface area contributed by atoms with Gasteiger partial charge in [-0.2, -0.15) is 0 Å². The smallest absolute Gasteiger partial charge is 0.113 e. The van der Waals surface area contributed by atoms with Gasteiger partial charge in [0.05, 0.1) is 11.0 Å². The lowest BCUT2D eigenvalue weighted by Gasteiger charge is -2.25. The van der Waals surface area contributed by atoms with Crippen LogP contribution in [0.5, 0.6) is 0 Å². The molecule has 0 amide bonds. The number of nitrogens with zero attached hydrogens (tertiary/aromatic N) is 2. The zero-order chi connectivity index (χ0) is 11.4. The van der Waals surface area contributed by atoms with E-state index >= 15 is 0 Å². The van der Waals surface area contributed by atoms with E-state index in [1.807, 2.05) is 6.07 Å². The van der Waals surface area contributed by atoms with E-state index in [0.29, 0.717) is 12.0 Å². The van der Waals surface area contributed by atoms with Gasteiger partial charge in [-0.3, -0.25) is 0 Å². The molecule has 1 aromatic heterocycles. The van der Waals surface area contributed by atoms with Crippen molar-refractivity contribution in [1.29, 1.82) is 0 Å². The fraction of sp³-hybridized carbons (Fsp3) is 0.500. The molecule has 88 valence electrons. The fourth-order valence-corrected chi connectivity index (χ4v) is 2.80. The predicted octanol–water partition coefficient (Wildman–Crippen LogP) is 3.22. The van der Waals surface area contributed by atoms with Crippen LogP contribution in [0, 0.1) is 0 Å². The maximum atomic E-state index is 5.90. The van der Waals surface area contributed by atoms with Crippen LogP contribution in [0.25, 0.3) is 11.0 Å². The number of anilines is 1. The second-order valence-corrected chi connectivity index (χ2v) is 5.45. The lowest BCUT2D eigenvalue weighted by atomic mass is 9.85. The molecule has 0 bridgehead atoms. The van der Waals surface area contributed by atoms with Crippen LogP contribution in [-0.4, -0.2) is 9.55 Å². The van der Waals surface area contributed by atoms with Crippen molar-refractivity contribution in [1.82, 2.24) is 9.55 Å². The summed E-state index contributed by atoms with van der Waals surface area (Å²) < 4.78 is 2.47. The number of rotatable bonds is 2. The Labute approximate surface area is 101 Å². The van der Waals surface area contributed by atoms with Crippen molar-refractivity contribution >= 4 is 16.7 Å². The van der Waals surface area contributed by atoms with Gasteiger partial charge in [-0.25, -0.2) is 4.98 Å². The van der Waals surface area contributed by atoms with Gasteiger partial charge in [0.25, 0.3) is 0 Å². The van der Waals surface area contributed by atoms with Crippen molar-refractivity contribution in [2.24, 2.45) is 0 Å². The number of aromatic nitrogens is 2. The van der Waals surface area contributed by atoms with Gasteiger partial charge in [-0.05, 0) is 43.9 Å². The monoisotopic (exact) mass is 227 g/mol. The first-order valence-corrected chi connectivity index (χ1v) is 6.60. The zero-order valence-electron chi connectivity index (χ0n) is 9.89. The standard InChI is InChI=1S/C14H17N3/c15-10-4-7-12-13(8-10)17(11-5-6-11)14(16-12)9-2-1-3-9/h4,7-9,11H,1-3,5-6,15H2. The summed E-state index contributed by atoms with van der Waals surface area (Å²) >= 11 is 0. The number of nitrogen functional groups attached to an aromatic ring is 1. The van der Waals surface area contributed by atoms with Crippen molar-refractivity contribution in [3.05, 3.63) is 24.0 Å². The summed E-state index contributed by atoms with van der Waals surface area (Å²) in [4.78, 5) is 4.84. The minimum Gasteiger partial charge on any atom is -0.399 e. The summed E-state index contributed by atoms with van der Waals surface area (Å²) in [6, 6.07) is 6.79. The minimum absolute atomic E-state index is 0.692. The van der Waals surface area contributed by atoms with Gasteiger partial charge in [0.2, 0.25) is 0 Å². The Hall–Kier alpha value is -1.51. The van der Waals surface area contributed by atoms with Crippen LogP contribution < -0.4 is 5.73 Å². The number of hydrogen-bond acceptors (Lipinski definition) is 2. The van der Waals surface area contributed by atoms with Crippen molar-refractivity contribution in [2.45, 2.75) is 44.1 Å². The topological polar surface area (TPSA) is 43.8 Å².